The zero-order chi connectivity index (χ0) is 16.4. The van der Waals surface area contributed by atoms with Crippen LogP contribution in [-0.2, 0) is 9.84 Å². The maximum atomic E-state index is 12.3. The van der Waals surface area contributed by atoms with Gasteiger partial charge >= 0.3 is 6.36 Å². The summed E-state index contributed by atoms with van der Waals surface area (Å²) in [6.07, 6.45) is -4.93. The van der Waals surface area contributed by atoms with E-state index in [2.05, 4.69) is 9.91 Å². The zero-order valence-corrected chi connectivity index (χ0v) is 11.6. The normalized spacial score (nSPS) is 12.0. The molecular formula is C13H8F3NO4S. The lowest BCUT2D eigenvalue weighted by molar-refractivity contribution is -0.274. The van der Waals surface area contributed by atoms with Crippen LogP contribution < -0.4 is 4.74 Å². The summed E-state index contributed by atoms with van der Waals surface area (Å²) in [7, 11) is -4.10. The van der Waals surface area contributed by atoms with Gasteiger partial charge in [0.2, 0.25) is 9.84 Å². The van der Waals surface area contributed by atoms with E-state index in [4.69, 9.17) is 0 Å². The number of ether oxygens (including phenoxy) is 1. The summed E-state index contributed by atoms with van der Waals surface area (Å²) in [5.41, 5.74) is -0.108. The first-order chi connectivity index (χ1) is 10.2. The number of rotatable bonds is 4. The van der Waals surface area contributed by atoms with Crippen LogP contribution >= 0.6 is 0 Å². The molecule has 5 nitrogen and oxygen atoms in total. The van der Waals surface area contributed by atoms with Crippen LogP contribution in [0.2, 0.25) is 0 Å². The minimum atomic E-state index is -4.93. The molecule has 116 valence electrons. The number of hydrogen-bond acceptors (Lipinski definition) is 5. The van der Waals surface area contributed by atoms with E-state index in [1.807, 2.05) is 0 Å². The molecule has 0 heterocycles. The molecule has 0 fully saturated rings. The highest BCUT2D eigenvalue weighted by Crippen LogP contribution is 2.29. The molecule has 0 bridgehead atoms. The van der Waals surface area contributed by atoms with E-state index in [0.717, 1.165) is 30.3 Å². The second-order valence-corrected chi connectivity index (χ2v) is 6.06. The van der Waals surface area contributed by atoms with E-state index in [1.54, 1.807) is 0 Å². The van der Waals surface area contributed by atoms with Crippen molar-refractivity contribution in [3.05, 3.63) is 53.4 Å². The molecule has 0 unspecified atom stereocenters. The Morgan fingerprint density at radius 1 is 0.955 bits per heavy atom. The zero-order valence-electron chi connectivity index (χ0n) is 10.7. The summed E-state index contributed by atoms with van der Waals surface area (Å²) >= 11 is 0. The fraction of sp³-hybridized carbons (Fsp3) is 0.0769. The van der Waals surface area contributed by atoms with Gasteiger partial charge in [0.25, 0.3) is 0 Å². The minimum absolute atomic E-state index is 0.108. The Hall–Kier alpha value is -2.42. The van der Waals surface area contributed by atoms with Crippen molar-refractivity contribution < 1.29 is 26.3 Å². The lowest BCUT2D eigenvalue weighted by atomic mass is 10.3. The van der Waals surface area contributed by atoms with Crippen LogP contribution in [0.1, 0.15) is 0 Å². The summed E-state index contributed by atoms with van der Waals surface area (Å²) in [4.78, 5) is 9.80. The number of hydrogen-bond donors (Lipinski definition) is 0. The third kappa shape index (κ3) is 3.61. The molecule has 0 atom stereocenters. The monoisotopic (exact) mass is 331 g/mol. The van der Waals surface area contributed by atoms with Gasteiger partial charge in [-0.3, -0.25) is 0 Å². The highest BCUT2D eigenvalue weighted by molar-refractivity contribution is 7.91. The first-order valence-electron chi connectivity index (χ1n) is 5.77. The van der Waals surface area contributed by atoms with E-state index in [-0.39, 0.29) is 10.6 Å². The molecular weight excluding hydrogens is 323 g/mol. The molecule has 2 rings (SSSR count). The van der Waals surface area contributed by atoms with E-state index in [9.17, 15) is 26.5 Å². The molecule has 0 aliphatic carbocycles. The number of alkyl halides is 3. The molecule has 9 heteroatoms. The summed E-state index contributed by atoms with van der Waals surface area (Å²) in [6, 6.07) is 8.82. The first kappa shape index (κ1) is 16.0. The van der Waals surface area contributed by atoms with Crippen LogP contribution in [0, 0.1) is 4.91 Å². The molecule has 0 aromatic heterocycles. The predicted octanol–water partition coefficient (Wildman–Crippen LogP) is 3.82. The highest BCUT2D eigenvalue weighted by Gasteiger charge is 2.31. The van der Waals surface area contributed by atoms with Crippen molar-refractivity contribution in [1.29, 1.82) is 0 Å². The van der Waals surface area contributed by atoms with E-state index < -0.39 is 26.8 Å². The van der Waals surface area contributed by atoms with Crippen LogP contribution in [0.5, 0.6) is 5.75 Å². The van der Waals surface area contributed by atoms with E-state index in [1.165, 1.54) is 18.2 Å². The molecule has 0 spiro atoms. The number of nitroso groups, excluding NO2 is 1. The standard InChI is InChI=1S/C13H8F3NO4S/c14-13(15,16)21-10-4-2-6-12(8-10)22(19,20)11-5-1-3-9(7-11)17-18/h1-8H. The summed E-state index contributed by atoms with van der Waals surface area (Å²) in [5, 5.41) is 2.62. The molecule has 0 saturated carbocycles. The maximum Gasteiger partial charge on any atom is 0.573 e. The van der Waals surface area contributed by atoms with Crippen molar-refractivity contribution in [2.24, 2.45) is 5.18 Å². The van der Waals surface area contributed by atoms with Crippen LogP contribution in [0.4, 0.5) is 18.9 Å². The average molecular weight is 331 g/mol. The topological polar surface area (TPSA) is 72.8 Å². The van der Waals surface area contributed by atoms with E-state index >= 15 is 0 Å². The number of benzene rings is 2. The average Bonchev–Trinajstić information content (AvgIpc) is 2.46. The van der Waals surface area contributed by atoms with Crippen LogP contribution in [0.25, 0.3) is 0 Å². The Balaban J connectivity index is 2.45. The van der Waals surface area contributed by atoms with Crippen molar-refractivity contribution in [2.75, 3.05) is 0 Å². The third-order valence-electron chi connectivity index (χ3n) is 2.58. The van der Waals surface area contributed by atoms with Gasteiger partial charge in [0.05, 0.1) is 9.79 Å². The third-order valence-corrected chi connectivity index (χ3v) is 4.33. The van der Waals surface area contributed by atoms with Crippen LogP contribution in [0.3, 0.4) is 0 Å². The van der Waals surface area contributed by atoms with Gasteiger partial charge in [0.1, 0.15) is 11.4 Å². The van der Waals surface area contributed by atoms with Crippen molar-refractivity contribution in [3.63, 3.8) is 0 Å². The van der Waals surface area contributed by atoms with Crippen molar-refractivity contribution in [1.82, 2.24) is 0 Å². The Labute approximate surface area is 123 Å². The summed E-state index contributed by atoms with van der Waals surface area (Å²) in [5.74, 6) is -0.654. The molecule has 2 aromatic carbocycles. The van der Waals surface area contributed by atoms with Crippen molar-refractivity contribution in [3.8, 4) is 5.75 Å². The fourth-order valence-corrected chi connectivity index (χ4v) is 3.02. The molecule has 0 amide bonds. The van der Waals surface area contributed by atoms with Crippen molar-refractivity contribution in [2.45, 2.75) is 16.2 Å². The molecule has 22 heavy (non-hydrogen) atoms. The van der Waals surface area contributed by atoms with Gasteiger partial charge in [0.15, 0.2) is 0 Å². The number of sulfone groups is 1. The minimum Gasteiger partial charge on any atom is -0.406 e. The molecule has 0 aliphatic rings. The van der Waals surface area contributed by atoms with Gasteiger partial charge in [-0.25, -0.2) is 8.42 Å². The Morgan fingerprint density at radius 3 is 2.14 bits per heavy atom. The predicted molar refractivity (Wildman–Crippen MR) is 70.5 cm³/mol. The number of nitrogens with zero attached hydrogens (tertiary/aromatic N) is 1. The molecule has 2 aromatic rings. The SMILES string of the molecule is O=Nc1cccc(S(=O)(=O)c2cccc(OC(F)(F)F)c2)c1. The molecule has 0 aliphatic heterocycles. The number of halogens is 3. The Bertz CT molecular complexity index is 803. The van der Waals surface area contributed by atoms with Crippen LogP contribution in [0.15, 0.2) is 63.5 Å². The molecule has 0 radical (unpaired) electrons. The second-order valence-electron chi connectivity index (χ2n) is 4.11. The molecule has 0 saturated heterocycles. The van der Waals surface area contributed by atoms with E-state index in [0.29, 0.717) is 0 Å². The van der Waals surface area contributed by atoms with Crippen molar-refractivity contribution >= 4 is 15.5 Å². The lowest BCUT2D eigenvalue weighted by Crippen LogP contribution is -2.17. The smallest absolute Gasteiger partial charge is 0.406 e. The summed E-state index contributed by atoms with van der Waals surface area (Å²) < 4.78 is 64.9. The van der Waals surface area contributed by atoms with Gasteiger partial charge in [-0.1, -0.05) is 12.1 Å². The van der Waals surface area contributed by atoms with Gasteiger partial charge < -0.3 is 4.74 Å². The maximum absolute atomic E-state index is 12.3. The second kappa shape index (κ2) is 5.76. The molecule has 0 N–H and O–H groups in total. The Kier molecular flexibility index (Phi) is 4.18. The first-order valence-corrected chi connectivity index (χ1v) is 7.25. The van der Waals surface area contributed by atoms with Crippen LogP contribution in [-0.4, -0.2) is 14.8 Å². The highest BCUT2D eigenvalue weighted by atomic mass is 32.2. The summed E-state index contributed by atoms with van der Waals surface area (Å²) in [6.45, 7) is 0. The quantitative estimate of drug-likeness (QED) is 0.799. The lowest BCUT2D eigenvalue weighted by Gasteiger charge is -2.10. The van der Waals surface area contributed by atoms with Gasteiger partial charge in [0, 0.05) is 0 Å². The Morgan fingerprint density at radius 2 is 1.55 bits per heavy atom. The largest absolute Gasteiger partial charge is 0.573 e. The fourth-order valence-electron chi connectivity index (χ4n) is 1.68. The van der Waals surface area contributed by atoms with Gasteiger partial charge in [-0.15, -0.1) is 18.1 Å². The van der Waals surface area contributed by atoms with Gasteiger partial charge in [-0.05, 0) is 41.6 Å². The van der Waals surface area contributed by atoms with Gasteiger partial charge in [-0.2, -0.15) is 0 Å².